The second kappa shape index (κ2) is 3.04. The fraction of sp³-hybridized carbons (Fsp3) is 0. The Labute approximate surface area is 69.6 Å². The molecule has 0 spiro atoms. The van der Waals surface area contributed by atoms with Crippen molar-refractivity contribution in [2.24, 2.45) is 0 Å². The largest absolute Gasteiger partial charge is 0.294 e. The maximum Gasteiger partial charge on any atom is 0.294 e. The van der Waals surface area contributed by atoms with Crippen LogP contribution in [-0.4, -0.2) is 19.3 Å². The minimum absolute atomic E-state index is 0.235. The van der Waals surface area contributed by atoms with Crippen molar-refractivity contribution in [2.45, 2.75) is 4.90 Å². The molecule has 4 nitrogen and oxygen atoms in total. The summed E-state index contributed by atoms with van der Waals surface area (Å²) in [5, 5.41) is 0. The Balaban J connectivity index is 3.17. The normalized spacial score (nSPS) is 11.1. The van der Waals surface area contributed by atoms with Crippen molar-refractivity contribution in [1.82, 2.24) is 0 Å². The van der Waals surface area contributed by atoms with Crippen molar-refractivity contribution >= 4 is 16.4 Å². The molecule has 0 aliphatic carbocycles. The van der Waals surface area contributed by atoms with E-state index in [1.54, 1.807) is 6.29 Å². The van der Waals surface area contributed by atoms with Gasteiger partial charge < -0.3 is 0 Å². The summed E-state index contributed by atoms with van der Waals surface area (Å²) in [6.07, 6.45) is 1.58. The van der Waals surface area contributed by atoms with Crippen LogP contribution in [0.3, 0.4) is 0 Å². The van der Waals surface area contributed by atoms with Gasteiger partial charge in [-0.3, -0.25) is 9.35 Å². The average molecular weight is 185 g/mol. The first-order valence-electron chi connectivity index (χ1n) is 3.00. The van der Waals surface area contributed by atoms with E-state index in [-0.39, 0.29) is 10.5 Å². The van der Waals surface area contributed by atoms with Gasteiger partial charge in [-0.2, -0.15) is 8.42 Å². The highest BCUT2D eigenvalue weighted by molar-refractivity contribution is 7.85. The van der Waals surface area contributed by atoms with Crippen molar-refractivity contribution < 1.29 is 17.8 Å². The average Bonchev–Trinajstić information content (AvgIpc) is 2.03. The summed E-state index contributed by atoms with van der Waals surface area (Å²) in [4.78, 5) is 9.80. The maximum atomic E-state index is 10.5. The van der Waals surface area contributed by atoms with Gasteiger partial charge in [-0.05, 0) is 24.3 Å². The lowest BCUT2D eigenvalue weighted by molar-refractivity contribution is 0.483. The molecule has 0 fully saturated rings. The molecule has 0 heterocycles. The van der Waals surface area contributed by atoms with Crippen LogP contribution in [0.1, 0.15) is 5.56 Å². The second-order valence-electron chi connectivity index (χ2n) is 2.10. The molecule has 0 aliphatic rings. The van der Waals surface area contributed by atoms with Crippen LogP contribution in [0.15, 0.2) is 29.2 Å². The van der Waals surface area contributed by atoms with Crippen molar-refractivity contribution in [2.75, 3.05) is 0 Å². The van der Waals surface area contributed by atoms with Gasteiger partial charge in [0.25, 0.3) is 10.1 Å². The Morgan fingerprint density at radius 2 is 1.67 bits per heavy atom. The first kappa shape index (κ1) is 8.89. The molecule has 1 radical (unpaired) electrons. The molecule has 1 N–H and O–H groups in total. The third kappa shape index (κ3) is 1.90. The molecule has 12 heavy (non-hydrogen) atoms. The lowest BCUT2D eigenvalue weighted by Crippen LogP contribution is -1.97. The Morgan fingerprint density at radius 1 is 1.17 bits per heavy atom. The molecule has 0 aliphatic heterocycles. The van der Waals surface area contributed by atoms with Gasteiger partial charge in [-0.25, -0.2) is 0 Å². The summed E-state index contributed by atoms with van der Waals surface area (Å²) < 4.78 is 29.5. The van der Waals surface area contributed by atoms with E-state index < -0.39 is 10.1 Å². The molecule has 0 saturated heterocycles. The van der Waals surface area contributed by atoms with E-state index >= 15 is 0 Å². The van der Waals surface area contributed by atoms with Crippen molar-refractivity contribution in [3.63, 3.8) is 0 Å². The molecule has 0 amide bonds. The maximum absolute atomic E-state index is 10.5. The molecule has 1 aromatic carbocycles. The number of hydrogen-bond acceptors (Lipinski definition) is 3. The number of carbonyl (C=O) groups excluding carboxylic acids is 1. The zero-order valence-electron chi connectivity index (χ0n) is 5.89. The zero-order chi connectivity index (χ0) is 9.19. The number of rotatable bonds is 2. The van der Waals surface area contributed by atoms with E-state index in [1.165, 1.54) is 12.1 Å². The van der Waals surface area contributed by atoms with Crippen molar-refractivity contribution in [3.05, 3.63) is 29.8 Å². The van der Waals surface area contributed by atoms with E-state index in [0.717, 1.165) is 12.1 Å². The van der Waals surface area contributed by atoms with Gasteiger partial charge in [0.15, 0.2) is 0 Å². The lowest BCUT2D eigenvalue weighted by atomic mass is 10.2. The van der Waals surface area contributed by atoms with Gasteiger partial charge in [-0.1, -0.05) is 0 Å². The monoisotopic (exact) mass is 185 g/mol. The van der Waals surface area contributed by atoms with Gasteiger partial charge in [0.2, 0.25) is 6.29 Å². The second-order valence-corrected chi connectivity index (χ2v) is 3.52. The molecule has 0 bridgehead atoms. The predicted molar refractivity (Wildman–Crippen MR) is 41.1 cm³/mol. The summed E-state index contributed by atoms with van der Waals surface area (Å²) in [7, 11) is -4.16. The Bertz CT molecular complexity index is 376. The van der Waals surface area contributed by atoms with E-state index in [0.29, 0.717) is 0 Å². The standard InChI is InChI=1S/C7H5O4S/c8-5-6-1-3-7(4-2-6)12(9,10)11/h1-4H,(H,9,10,11). The molecular weight excluding hydrogens is 180 g/mol. The smallest absolute Gasteiger partial charge is 0.285 e. The predicted octanol–water partition coefficient (Wildman–Crippen LogP) is 0.391. The Kier molecular flexibility index (Phi) is 2.25. The first-order valence-corrected chi connectivity index (χ1v) is 4.44. The van der Waals surface area contributed by atoms with Gasteiger partial charge in [0.1, 0.15) is 0 Å². The highest BCUT2D eigenvalue weighted by Gasteiger charge is 2.07. The SMILES string of the molecule is O=[C]c1ccc(S(=O)(=O)O)cc1. The summed E-state index contributed by atoms with van der Waals surface area (Å²) >= 11 is 0. The molecule has 1 rings (SSSR count). The minimum Gasteiger partial charge on any atom is -0.285 e. The molecule has 63 valence electrons. The molecule has 0 saturated carbocycles. The van der Waals surface area contributed by atoms with Gasteiger partial charge in [0, 0.05) is 5.56 Å². The summed E-state index contributed by atoms with van der Waals surface area (Å²) in [5.74, 6) is 0. The molecule has 0 unspecified atom stereocenters. The van der Waals surface area contributed by atoms with E-state index in [2.05, 4.69) is 0 Å². The van der Waals surface area contributed by atoms with Crippen LogP contribution in [0, 0.1) is 0 Å². The highest BCUT2D eigenvalue weighted by atomic mass is 32.2. The Hall–Kier alpha value is -1.20. The summed E-state index contributed by atoms with van der Waals surface area (Å²) in [6.45, 7) is 0. The first-order chi connectivity index (χ1) is 5.54. The summed E-state index contributed by atoms with van der Waals surface area (Å²) in [5.41, 5.74) is 0.238. The van der Waals surface area contributed by atoms with E-state index in [9.17, 15) is 13.2 Å². The third-order valence-electron chi connectivity index (χ3n) is 1.27. The van der Waals surface area contributed by atoms with Crippen LogP contribution in [-0.2, 0) is 14.9 Å². The van der Waals surface area contributed by atoms with Crippen LogP contribution < -0.4 is 0 Å². The Morgan fingerprint density at radius 3 is 2.00 bits per heavy atom. The lowest BCUT2D eigenvalue weighted by Gasteiger charge is -1.94. The van der Waals surface area contributed by atoms with Gasteiger partial charge >= 0.3 is 0 Å². The topological polar surface area (TPSA) is 71.4 Å². The fourth-order valence-corrected chi connectivity index (χ4v) is 1.17. The van der Waals surface area contributed by atoms with Crippen LogP contribution in [0.4, 0.5) is 0 Å². The molecule has 1 aromatic rings. The van der Waals surface area contributed by atoms with Crippen LogP contribution >= 0.6 is 0 Å². The third-order valence-corrected chi connectivity index (χ3v) is 2.14. The van der Waals surface area contributed by atoms with Crippen LogP contribution in [0.5, 0.6) is 0 Å². The van der Waals surface area contributed by atoms with Crippen LogP contribution in [0.2, 0.25) is 0 Å². The number of benzene rings is 1. The minimum atomic E-state index is -4.16. The molecule has 5 heteroatoms. The van der Waals surface area contributed by atoms with Crippen LogP contribution in [0.25, 0.3) is 0 Å². The molecule has 0 atom stereocenters. The van der Waals surface area contributed by atoms with Crippen molar-refractivity contribution in [3.8, 4) is 0 Å². The van der Waals surface area contributed by atoms with Gasteiger partial charge in [0.05, 0.1) is 4.90 Å². The highest BCUT2D eigenvalue weighted by Crippen LogP contribution is 2.08. The number of hydrogen-bond donors (Lipinski definition) is 1. The fourth-order valence-electron chi connectivity index (χ4n) is 0.695. The van der Waals surface area contributed by atoms with Gasteiger partial charge in [-0.15, -0.1) is 0 Å². The van der Waals surface area contributed by atoms with Crippen molar-refractivity contribution in [1.29, 1.82) is 0 Å². The van der Waals surface area contributed by atoms with E-state index in [1.807, 2.05) is 0 Å². The molecular formula is C7H5O4S. The zero-order valence-corrected chi connectivity index (χ0v) is 6.71. The quantitative estimate of drug-likeness (QED) is 0.676. The molecule has 0 aromatic heterocycles. The summed E-state index contributed by atoms with van der Waals surface area (Å²) in [6, 6.07) is 4.79. The van der Waals surface area contributed by atoms with E-state index in [4.69, 9.17) is 4.55 Å².